The lowest BCUT2D eigenvalue weighted by Gasteiger charge is -2.32. The number of amides is 2. The molecule has 0 saturated heterocycles. The first-order valence-electron chi connectivity index (χ1n) is 14.2. The van der Waals surface area contributed by atoms with Crippen molar-refractivity contribution in [3.8, 4) is 5.75 Å². The molecule has 0 aromatic heterocycles. The first-order valence-corrected chi connectivity index (χ1v) is 15.7. The van der Waals surface area contributed by atoms with Gasteiger partial charge in [-0.3, -0.25) is 13.9 Å². The number of aryl methyl sites for hydroxylation is 1. The molecule has 1 aliphatic carbocycles. The number of carbonyl (C=O) groups is 2. The van der Waals surface area contributed by atoms with Crippen molar-refractivity contribution in [3.63, 3.8) is 0 Å². The smallest absolute Gasteiger partial charge is 0.264 e. The molecule has 4 rings (SSSR count). The van der Waals surface area contributed by atoms with Gasteiger partial charge in [-0.05, 0) is 87.7 Å². The molecule has 3 aromatic carbocycles. The Morgan fingerprint density at radius 3 is 2.19 bits per heavy atom. The molecule has 1 N–H and O–H groups in total. The third-order valence-corrected chi connectivity index (χ3v) is 9.25. The monoisotopic (exact) mass is 595 g/mol. The van der Waals surface area contributed by atoms with Gasteiger partial charge in [0.2, 0.25) is 11.8 Å². The number of carbonyl (C=O) groups excluding carboxylic acids is 2. The summed E-state index contributed by atoms with van der Waals surface area (Å²) in [7, 11) is -4.29. The van der Waals surface area contributed by atoms with Gasteiger partial charge in [0.05, 0.1) is 17.2 Å². The van der Waals surface area contributed by atoms with Gasteiger partial charge in [0, 0.05) is 12.6 Å². The van der Waals surface area contributed by atoms with E-state index in [0.29, 0.717) is 12.4 Å². The van der Waals surface area contributed by atoms with Crippen molar-refractivity contribution in [1.29, 1.82) is 0 Å². The molecule has 1 saturated carbocycles. The summed E-state index contributed by atoms with van der Waals surface area (Å²) in [4.78, 5) is 28.6. The van der Waals surface area contributed by atoms with Gasteiger partial charge in [0.25, 0.3) is 10.0 Å². The summed E-state index contributed by atoms with van der Waals surface area (Å²) >= 11 is 0. The Morgan fingerprint density at radius 1 is 0.976 bits per heavy atom. The molecule has 2 amide bonds. The summed E-state index contributed by atoms with van der Waals surface area (Å²) in [5.74, 6) is -0.866. The Bertz CT molecular complexity index is 1460. The van der Waals surface area contributed by atoms with E-state index >= 15 is 0 Å². The molecule has 1 unspecified atom stereocenters. The van der Waals surface area contributed by atoms with E-state index in [1.54, 1.807) is 31.2 Å². The average molecular weight is 596 g/mol. The third-order valence-electron chi connectivity index (χ3n) is 7.46. The van der Waals surface area contributed by atoms with Crippen LogP contribution in [0.25, 0.3) is 0 Å². The zero-order valence-corrected chi connectivity index (χ0v) is 25.1. The third kappa shape index (κ3) is 7.67. The van der Waals surface area contributed by atoms with Gasteiger partial charge in [-0.1, -0.05) is 42.7 Å². The topological polar surface area (TPSA) is 96.0 Å². The van der Waals surface area contributed by atoms with Gasteiger partial charge in [0.1, 0.15) is 24.2 Å². The van der Waals surface area contributed by atoms with Crippen molar-refractivity contribution < 1.29 is 27.1 Å². The first kappa shape index (κ1) is 31.0. The van der Waals surface area contributed by atoms with Crippen molar-refractivity contribution in [2.24, 2.45) is 0 Å². The highest BCUT2D eigenvalue weighted by molar-refractivity contribution is 7.92. The highest BCUT2D eigenvalue weighted by Gasteiger charge is 2.33. The Morgan fingerprint density at radius 2 is 1.60 bits per heavy atom. The highest BCUT2D eigenvalue weighted by atomic mass is 32.2. The van der Waals surface area contributed by atoms with Gasteiger partial charge >= 0.3 is 0 Å². The maximum absolute atomic E-state index is 14.0. The van der Waals surface area contributed by atoms with Crippen LogP contribution >= 0.6 is 0 Å². The SMILES string of the molecule is CCOc1ccc(N(CC(=O)N(Cc2ccc(C)cc2)C(C)C(=O)NC2CCCC2)S(=O)(=O)c2ccc(F)cc2)cc1. The minimum atomic E-state index is -4.29. The molecule has 0 bridgehead atoms. The van der Waals surface area contributed by atoms with Crippen molar-refractivity contribution in [2.75, 3.05) is 17.5 Å². The normalized spacial score (nSPS) is 14.3. The molecule has 8 nitrogen and oxygen atoms in total. The van der Waals surface area contributed by atoms with Crippen molar-refractivity contribution in [3.05, 3.63) is 89.7 Å². The summed E-state index contributed by atoms with van der Waals surface area (Å²) in [6, 6.07) is 17.6. The first-order chi connectivity index (χ1) is 20.1. The average Bonchev–Trinajstić information content (AvgIpc) is 3.49. The number of halogens is 1. The van der Waals surface area contributed by atoms with E-state index in [9.17, 15) is 22.4 Å². The number of anilines is 1. The van der Waals surface area contributed by atoms with Crippen LogP contribution in [0.2, 0.25) is 0 Å². The van der Waals surface area contributed by atoms with Crippen LogP contribution in [0.15, 0.2) is 77.7 Å². The Labute approximate surface area is 247 Å². The molecule has 1 aliphatic rings. The Hall–Kier alpha value is -3.92. The van der Waals surface area contributed by atoms with E-state index in [2.05, 4.69) is 5.32 Å². The minimum Gasteiger partial charge on any atom is -0.494 e. The molecule has 10 heteroatoms. The summed E-state index contributed by atoms with van der Waals surface area (Å²) in [6.07, 6.45) is 3.88. The number of nitrogens with one attached hydrogen (secondary N) is 1. The molecule has 0 aliphatic heterocycles. The molecule has 0 spiro atoms. The highest BCUT2D eigenvalue weighted by Crippen LogP contribution is 2.27. The zero-order chi connectivity index (χ0) is 30.3. The second-order valence-electron chi connectivity index (χ2n) is 10.6. The number of benzene rings is 3. The standard InChI is InChI=1S/C32H38FN3O5S/c1-4-41-29-17-15-28(16-18-29)36(42(39,40)30-19-13-26(33)14-20-30)22-31(37)35(21-25-11-9-23(2)10-12-25)24(3)32(38)34-27-7-5-6-8-27/h9-20,24,27H,4-8,21-22H2,1-3H3,(H,34,38). The molecule has 1 atom stereocenters. The minimum absolute atomic E-state index is 0.0653. The zero-order valence-electron chi connectivity index (χ0n) is 24.3. The van der Waals surface area contributed by atoms with E-state index in [-0.39, 0.29) is 29.1 Å². The van der Waals surface area contributed by atoms with E-state index in [1.165, 1.54) is 17.0 Å². The van der Waals surface area contributed by atoms with Crippen LogP contribution in [0.1, 0.15) is 50.7 Å². The van der Waals surface area contributed by atoms with Crippen LogP contribution in [0.4, 0.5) is 10.1 Å². The number of hydrogen-bond acceptors (Lipinski definition) is 5. The van der Waals surface area contributed by atoms with Crippen LogP contribution in [0.5, 0.6) is 5.75 Å². The number of hydrogen-bond donors (Lipinski definition) is 1. The van der Waals surface area contributed by atoms with Crippen LogP contribution in [-0.2, 0) is 26.2 Å². The summed E-state index contributed by atoms with van der Waals surface area (Å²) in [5, 5.41) is 3.06. The van der Waals surface area contributed by atoms with Crippen LogP contribution < -0.4 is 14.4 Å². The van der Waals surface area contributed by atoms with Gasteiger partial charge < -0.3 is 15.0 Å². The van der Waals surface area contributed by atoms with Gasteiger partial charge in [-0.25, -0.2) is 12.8 Å². The van der Waals surface area contributed by atoms with Gasteiger partial charge in [-0.15, -0.1) is 0 Å². The number of sulfonamides is 1. The second kappa shape index (κ2) is 13.8. The van der Waals surface area contributed by atoms with Crippen LogP contribution in [0.3, 0.4) is 0 Å². The molecule has 0 heterocycles. The molecule has 1 fully saturated rings. The predicted molar refractivity (Wildman–Crippen MR) is 160 cm³/mol. The lowest BCUT2D eigenvalue weighted by atomic mass is 10.1. The number of nitrogens with zero attached hydrogens (tertiary/aromatic N) is 2. The number of ether oxygens (including phenoxy) is 1. The molecule has 224 valence electrons. The Balaban J connectivity index is 1.68. The van der Waals surface area contributed by atoms with Crippen molar-refractivity contribution in [2.45, 2.75) is 70.0 Å². The lowest BCUT2D eigenvalue weighted by molar-refractivity contribution is -0.139. The second-order valence-corrected chi connectivity index (χ2v) is 12.4. The quantitative estimate of drug-likeness (QED) is 0.310. The fourth-order valence-electron chi connectivity index (χ4n) is 5.00. The fraction of sp³-hybridized carbons (Fsp3) is 0.375. The molecule has 3 aromatic rings. The molecule has 0 radical (unpaired) electrons. The molecule has 42 heavy (non-hydrogen) atoms. The summed E-state index contributed by atoms with van der Waals surface area (Å²) in [5.41, 5.74) is 2.09. The number of rotatable bonds is 12. The summed E-state index contributed by atoms with van der Waals surface area (Å²) in [6.45, 7) is 5.44. The van der Waals surface area contributed by atoms with Crippen molar-refractivity contribution >= 4 is 27.5 Å². The van der Waals surface area contributed by atoms with Crippen LogP contribution in [0, 0.1) is 12.7 Å². The summed E-state index contributed by atoms with van der Waals surface area (Å²) < 4.78 is 47.9. The fourth-order valence-corrected chi connectivity index (χ4v) is 6.42. The van der Waals surface area contributed by atoms with E-state index in [0.717, 1.165) is 53.2 Å². The maximum atomic E-state index is 14.0. The van der Waals surface area contributed by atoms with E-state index < -0.39 is 34.3 Å². The van der Waals surface area contributed by atoms with Gasteiger partial charge in [-0.2, -0.15) is 0 Å². The van der Waals surface area contributed by atoms with Gasteiger partial charge in [0.15, 0.2) is 0 Å². The van der Waals surface area contributed by atoms with Crippen LogP contribution in [-0.4, -0.2) is 50.4 Å². The van der Waals surface area contributed by atoms with Crippen molar-refractivity contribution in [1.82, 2.24) is 10.2 Å². The van der Waals surface area contributed by atoms with E-state index in [4.69, 9.17) is 4.74 Å². The lowest BCUT2D eigenvalue weighted by Crippen LogP contribution is -2.52. The molecular weight excluding hydrogens is 557 g/mol. The largest absolute Gasteiger partial charge is 0.494 e. The Kier molecular flexibility index (Phi) is 10.2. The maximum Gasteiger partial charge on any atom is 0.264 e. The van der Waals surface area contributed by atoms with E-state index in [1.807, 2.05) is 38.1 Å². The predicted octanol–water partition coefficient (Wildman–Crippen LogP) is 5.20. The molecular formula is C32H38FN3O5S.